The van der Waals surface area contributed by atoms with Crippen molar-refractivity contribution < 1.29 is 4.74 Å². The normalized spacial score (nSPS) is 26.2. The van der Waals surface area contributed by atoms with Gasteiger partial charge in [0.25, 0.3) is 0 Å². The predicted molar refractivity (Wildman–Crippen MR) is 122 cm³/mol. The van der Waals surface area contributed by atoms with Crippen molar-refractivity contribution in [1.29, 1.82) is 0 Å². The van der Waals surface area contributed by atoms with Gasteiger partial charge in [-0.25, -0.2) is 0 Å². The second kappa shape index (κ2) is 11.7. The van der Waals surface area contributed by atoms with Crippen LogP contribution in [-0.2, 0) is 4.74 Å². The zero-order valence-electron chi connectivity index (χ0n) is 17.5. The van der Waals surface area contributed by atoms with E-state index in [0.717, 1.165) is 38.7 Å². The smallest absolute Gasteiger partial charge is 0.191 e. The minimum absolute atomic E-state index is 0. The highest BCUT2D eigenvalue weighted by molar-refractivity contribution is 14.0. The minimum atomic E-state index is 0. The molecule has 1 heterocycles. The highest BCUT2D eigenvalue weighted by Crippen LogP contribution is 2.40. The van der Waals surface area contributed by atoms with Gasteiger partial charge in [0.1, 0.15) is 0 Å². The van der Waals surface area contributed by atoms with Gasteiger partial charge in [0, 0.05) is 52.0 Å². The third-order valence-corrected chi connectivity index (χ3v) is 6.19. The molecule has 0 radical (unpaired) electrons. The molecule has 1 saturated carbocycles. The summed E-state index contributed by atoms with van der Waals surface area (Å²) in [4.78, 5) is 7.04. The molecule has 154 valence electrons. The lowest BCUT2D eigenvalue weighted by molar-refractivity contribution is 0.105. The molecule has 0 amide bonds. The van der Waals surface area contributed by atoms with Crippen molar-refractivity contribution in [1.82, 2.24) is 15.5 Å². The highest BCUT2D eigenvalue weighted by Gasteiger charge is 2.35. The van der Waals surface area contributed by atoms with Gasteiger partial charge in [-0.15, -0.1) is 24.0 Å². The lowest BCUT2D eigenvalue weighted by atomic mass is 9.83. The number of aliphatic imine (C=N–C) groups is 1. The molecule has 5 nitrogen and oxygen atoms in total. The van der Waals surface area contributed by atoms with Crippen molar-refractivity contribution >= 4 is 29.9 Å². The Morgan fingerprint density at radius 1 is 1.27 bits per heavy atom. The Kier molecular flexibility index (Phi) is 10.8. The number of ether oxygens (including phenoxy) is 1. The number of guanidine groups is 1. The molecule has 2 rings (SSSR count). The largest absolute Gasteiger partial charge is 0.382 e. The van der Waals surface area contributed by atoms with E-state index in [0.29, 0.717) is 23.4 Å². The van der Waals surface area contributed by atoms with Crippen LogP contribution in [0.25, 0.3) is 0 Å². The molecule has 0 bridgehead atoms. The van der Waals surface area contributed by atoms with Crippen LogP contribution in [0.4, 0.5) is 0 Å². The Bertz CT molecular complexity index is 424. The molecule has 0 aromatic heterocycles. The van der Waals surface area contributed by atoms with Crippen LogP contribution in [0.3, 0.4) is 0 Å². The van der Waals surface area contributed by atoms with Crippen molar-refractivity contribution in [2.45, 2.75) is 71.9 Å². The average molecular weight is 480 g/mol. The monoisotopic (exact) mass is 480 g/mol. The summed E-state index contributed by atoms with van der Waals surface area (Å²) in [7, 11) is 1.89. The van der Waals surface area contributed by atoms with Crippen LogP contribution >= 0.6 is 24.0 Å². The first kappa shape index (κ1) is 24.0. The van der Waals surface area contributed by atoms with E-state index in [-0.39, 0.29) is 24.0 Å². The molecule has 0 aromatic rings. The number of nitrogens with one attached hydrogen (secondary N) is 2. The van der Waals surface area contributed by atoms with E-state index in [9.17, 15) is 0 Å². The maximum Gasteiger partial charge on any atom is 0.191 e. The summed E-state index contributed by atoms with van der Waals surface area (Å²) >= 11 is 0. The zero-order valence-corrected chi connectivity index (χ0v) is 19.8. The lowest BCUT2D eigenvalue weighted by Gasteiger charge is -2.31. The van der Waals surface area contributed by atoms with Gasteiger partial charge in [-0.3, -0.25) is 9.89 Å². The molecule has 2 unspecified atom stereocenters. The van der Waals surface area contributed by atoms with Crippen molar-refractivity contribution in [3.8, 4) is 0 Å². The third kappa shape index (κ3) is 6.82. The molecule has 0 aromatic carbocycles. The van der Waals surface area contributed by atoms with E-state index in [4.69, 9.17) is 4.74 Å². The molecular weight excluding hydrogens is 439 g/mol. The highest BCUT2D eigenvalue weighted by atomic mass is 127. The van der Waals surface area contributed by atoms with Crippen LogP contribution < -0.4 is 10.6 Å². The molecule has 6 heteroatoms. The van der Waals surface area contributed by atoms with E-state index < -0.39 is 0 Å². The first-order valence-corrected chi connectivity index (χ1v) is 10.3. The average Bonchev–Trinajstić information content (AvgIpc) is 3.19. The summed E-state index contributed by atoms with van der Waals surface area (Å²) in [6.45, 7) is 14.0. The molecule has 2 N–H and O–H groups in total. The van der Waals surface area contributed by atoms with Gasteiger partial charge in [-0.2, -0.15) is 0 Å². The standard InChI is InChI=1S/C20H40N4O.HI/c1-6-25-12-11-20(9-7-8-10-20)15-22-19(21-5)23-18-14-24(16(2)3)13-17(18)4;/h16-18H,6-15H2,1-5H3,(H2,21,22,23);1H. The van der Waals surface area contributed by atoms with Crippen molar-refractivity contribution in [3.63, 3.8) is 0 Å². The van der Waals surface area contributed by atoms with Crippen LogP contribution in [0.5, 0.6) is 0 Å². The van der Waals surface area contributed by atoms with E-state index >= 15 is 0 Å². The second-order valence-corrected chi connectivity index (χ2v) is 8.36. The second-order valence-electron chi connectivity index (χ2n) is 8.36. The fourth-order valence-electron chi connectivity index (χ4n) is 4.33. The SMILES string of the molecule is CCOCCC1(CNC(=NC)NC2CN(C(C)C)CC2C)CCCC1.I. The first-order valence-electron chi connectivity index (χ1n) is 10.3. The quantitative estimate of drug-likeness (QED) is 0.242. The summed E-state index contributed by atoms with van der Waals surface area (Å²) in [5, 5.41) is 7.31. The van der Waals surface area contributed by atoms with Gasteiger partial charge >= 0.3 is 0 Å². The Labute approximate surface area is 178 Å². The van der Waals surface area contributed by atoms with Crippen LogP contribution in [0.2, 0.25) is 0 Å². The Balaban J connectivity index is 0.00000338. The van der Waals surface area contributed by atoms with E-state index in [2.05, 4.69) is 48.2 Å². The molecule has 1 aliphatic carbocycles. The Hall–Kier alpha value is -0.0800. The predicted octanol–water partition coefficient (Wildman–Crippen LogP) is 3.49. The summed E-state index contributed by atoms with van der Waals surface area (Å²) in [5.41, 5.74) is 0.387. The molecule has 2 aliphatic rings. The third-order valence-electron chi connectivity index (χ3n) is 6.19. The van der Waals surface area contributed by atoms with Crippen molar-refractivity contribution in [3.05, 3.63) is 0 Å². The lowest BCUT2D eigenvalue weighted by Crippen LogP contribution is -2.49. The molecule has 26 heavy (non-hydrogen) atoms. The molecule has 1 aliphatic heterocycles. The molecule has 0 spiro atoms. The van der Waals surface area contributed by atoms with E-state index in [1.165, 1.54) is 32.2 Å². The summed E-state index contributed by atoms with van der Waals surface area (Å²) in [6.07, 6.45) is 6.48. The van der Waals surface area contributed by atoms with Gasteiger partial charge in [-0.05, 0) is 51.4 Å². The summed E-state index contributed by atoms with van der Waals surface area (Å²) in [5.74, 6) is 1.62. The van der Waals surface area contributed by atoms with Gasteiger partial charge in [0.15, 0.2) is 5.96 Å². The Morgan fingerprint density at radius 3 is 2.50 bits per heavy atom. The van der Waals surface area contributed by atoms with Crippen LogP contribution in [0.1, 0.15) is 59.8 Å². The number of rotatable bonds is 8. The van der Waals surface area contributed by atoms with Crippen molar-refractivity contribution in [2.24, 2.45) is 16.3 Å². The fourth-order valence-corrected chi connectivity index (χ4v) is 4.33. The molecule has 2 atom stereocenters. The van der Waals surface area contributed by atoms with Gasteiger partial charge in [0.2, 0.25) is 0 Å². The van der Waals surface area contributed by atoms with E-state index in [1.807, 2.05) is 7.05 Å². The Morgan fingerprint density at radius 2 is 1.96 bits per heavy atom. The van der Waals surface area contributed by atoms with Gasteiger partial charge in [-0.1, -0.05) is 19.8 Å². The molecular formula is C20H41IN4O. The van der Waals surface area contributed by atoms with Crippen LogP contribution in [-0.4, -0.2) is 62.8 Å². The number of nitrogens with zero attached hydrogens (tertiary/aromatic N) is 2. The maximum absolute atomic E-state index is 5.63. The maximum atomic E-state index is 5.63. The number of hydrogen-bond acceptors (Lipinski definition) is 3. The van der Waals surface area contributed by atoms with Crippen LogP contribution in [0.15, 0.2) is 4.99 Å². The van der Waals surface area contributed by atoms with Crippen LogP contribution in [0, 0.1) is 11.3 Å². The molecule has 2 fully saturated rings. The first-order chi connectivity index (χ1) is 12.0. The number of likely N-dealkylation sites (tertiary alicyclic amines) is 1. The fraction of sp³-hybridized carbons (Fsp3) is 0.950. The van der Waals surface area contributed by atoms with E-state index in [1.54, 1.807) is 0 Å². The zero-order chi connectivity index (χ0) is 18.3. The summed E-state index contributed by atoms with van der Waals surface area (Å²) in [6, 6.07) is 1.10. The van der Waals surface area contributed by atoms with Crippen molar-refractivity contribution in [2.75, 3.05) is 39.9 Å². The van der Waals surface area contributed by atoms with Gasteiger partial charge < -0.3 is 15.4 Å². The summed E-state index contributed by atoms with van der Waals surface area (Å²) < 4.78 is 5.63. The number of hydrogen-bond donors (Lipinski definition) is 2. The number of halogens is 1. The molecule has 1 saturated heterocycles. The topological polar surface area (TPSA) is 48.9 Å². The van der Waals surface area contributed by atoms with Gasteiger partial charge in [0.05, 0.1) is 0 Å². The minimum Gasteiger partial charge on any atom is -0.382 e.